The molecule has 0 unspecified atom stereocenters. The van der Waals surface area contributed by atoms with Gasteiger partial charge in [-0.3, -0.25) is 4.98 Å². The molecule has 0 aliphatic carbocycles. The van der Waals surface area contributed by atoms with Gasteiger partial charge in [0.1, 0.15) is 22.8 Å². The van der Waals surface area contributed by atoms with Crippen LogP contribution in [0.4, 0.5) is 0 Å². The van der Waals surface area contributed by atoms with Crippen LogP contribution >= 0.6 is 0 Å². The SMILES string of the molecule is O=C(O)COc1ccc(-c2nc3cnccc3[nH]2)c(OCC(=O)O)c1. The summed E-state index contributed by atoms with van der Waals surface area (Å²) in [5.41, 5.74) is 1.92. The molecule has 3 N–H and O–H groups in total. The highest BCUT2D eigenvalue weighted by atomic mass is 16.5. The number of pyridine rings is 1. The molecule has 2 heterocycles. The standard InChI is InChI=1S/C16H13N3O6/c20-14(21)7-24-9-1-2-10(13(5-9)25-8-15(22)23)16-18-11-3-4-17-6-12(11)19-16/h1-6H,7-8H2,(H,18,19)(H,20,21)(H,22,23). The van der Waals surface area contributed by atoms with Crippen LogP contribution in [0.3, 0.4) is 0 Å². The zero-order chi connectivity index (χ0) is 17.8. The summed E-state index contributed by atoms with van der Waals surface area (Å²) >= 11 is 0. The van der Waals surface area contributed by atoms with Gasteiger partial charge < -0.3 is 24.7 Å². The first-order chi connectivity index (χ1) is 12.0. The maximum atomic E-state index is 10.8. The number of carboxylic acids is 2. The first-order valence-corrected chi connectivity index (χ1v) is 7.16. The van der Waals surface area contributed by atoms with Gasteiger partial charge in [-0.1, -0.05) is 0 Å². The monoisotopic (exact) mass is 343 g/mol. The fraction of sp³-hybridized carbons (Fsp3) is 0.125. The zero-order valence-corrected chi connectivity index (χ0v) is 12.8. The summed E-state index contributed by atoms with van der Waals surface area (Å²) in [6.45, 7) is -1.08. The number of aromatic amines is 1. The molecule has 0 atom stereocenters. The molecular weight excluding hydrogens is 330 g/mol. The van der Waals surface area contributed by atoms with E-state index in [2.05, 4.69) is 15.0 Å². The van der Waals surface area contributed by atoms with Crippen molar-refractivity contribution in [3.05, 3.63) is 36.7 Å². The Kier molecular flexibility index (Phi) is 4.46. The second-order valence-corrected chi connectivity index (χ2v) is 5.00. The van der Waals surface area contributed by atoms with Gasteiger partial charge in [0.2, 0.25) is 0 Å². The highest BCUT2D eigenvalue weighted by molar-refractivity contribution is 5.80. The van der Waals surface area contributed by atoms with Crippen LogP contribution in [-0.4, -0.2) is 50.3 Å². The second kappa shape index (κ2) is 6.87. The maximum Gasteiger partial charge on any atom is 0.341 e. The van der Waals surface area contributed by atoms with E-state index in [1.54, 1.807) is 30.6 Å². The first kappa shape index (κ1) is 16.2. The average Bonchev–Trinajstić information content (AvgIpc) is 3.02. The average molecular weight is 343 g/mol. The molecule has 128 valence electrons. The van der Waals surface area contributed by atoms with E-state index in [9.17, 15) is 9.59 Å². The largest absolute Gasteiger partial charge is 0.482 e. The molecule has 0 bridgehead atoms. The summed E-state index contributed by atoms with van der Waals surface area (Å²) in [5, 5.41) is 17.5. The Hall–Kier alpha value is -3.62. The van der Waals surface area contributed by atoms with Gasteiger partial charge in [0.15, 0.2) is 13.2 Å². The van der Waals surface area contributed by atoms with E-state index >= 15 is 0 Å². The summed E-state index contributed by atoms with van der Waals surface area (Å²) in [6.07, 6.45) is 3.21. The van der Waals surface area contributed by atoms with Gasteiger partial charge in [-0.05, 0) is 18.2 Å². The summed E-state index contributed by atoms with van der Waals surface area (Å²) in [6, 6.07) is 6.34. The predicted octanol–water partition coefficient (Wildman–Crippen LogP) is 1.55. The van der Waals surface area contributed by atoms with Crippen LogP contribution in [0.15, 0.2) is 36.7 Å². The van der Waals surface area contributed by atoms with Gasteiger partial charge >= 0.3 is 11.9 Å². The van der Waals surface area contributed by atoms with Crippen molar-refractivity contribution in [1.82, 2.24) is 15.0 Å². The lowest BCUT2D eigenvalue weighted by atomic mass is 10.2. The molecule has 25 heavy (non-hydrogen) atoms. The minimum Gasteiger partial charge on any atom is -0.482 e. The third-order valence-corrected chi connectivity index (χ3v) is 3.21. The Bertz CT molecular complexity index is 904. The topological polar surface area (TPSA) is 135 Å². The van der Waals surface area contributed by atoms with Crippen LogP contribution in [0.2, 0.25) is 0 Å². The summed E-state index contributed by atoms with van der Waals surface area (Å²) < 4.78 is 10.4. The quantitative estimate of drug-likeness (QED) is 0.588. The van der Waals surface area contributed by atoms with E-state index in [-0.39, 0.29) is 11.5 Å². The van der Waals surface area contributed by atoms with Crippen molar-refractivity contribution in [3.8, 4) is 22.9 Å². The molecule has 1 aromatic carbocycles. The van der Waals surface area contributed by atoms with E-state index in [0.717, 1.165) is 5.52 Å². The molecule has 9 nitrogen and oxygen atoms in total. The Labute approximate surface area is 140 Å². The molecule has 3 rings (SSSR count). The highest BCUT2D eigenvalue weighted by Gasteiger charge is 2.14. The molecule has 0 fully saturated rings. The second-order valence-electron chi connectivity index (χ2n) is 5.00. The number of aliphatic carboxylic acids is 2. The number of nitrogens with zero attached hydrogens (tertiary/aromatic N) is 2. The van der Waals surface area contributed by atoms with Gasteiger partial charge in [0.25, 0.3) is 0 Å². The molecule has 0 saturated heterocycles. The fourth-order valence-corrected chi connectivity index (χ4v) is 2.18. The number of aromatic nitrogens is 3. The highest BCUT2D eigenvalue weighted by Crippen LogP contribution is 2.33. The van der Waals surface area contributed by atoms with Crippen molar-refractivity contribution in [1.29, 1.82) is 0 Å². The molecular formula is C16H13N3O6. The van der Waals surface area contributed by atoms with Crippen molar-refractivity contribution in [2.45, 2.75) is 0 Å². The molecule has 0 radical (unpaired) electrons. The number of ether oxygens (including phenoxy) is 2. The van der Waals surface area contributed by atoms with E-state index in [0.29, 0.717) is 16.9 Å². The molecule has 3 aromatic rings. The van der Waals surface area contributed by atoms with Crippen LogP contribution in [0.25, 0.3) is 22.4 Å². The molecule has 0 aliphatic heterocycles. The number of carboxylic acid groups (broad SMARTS) is 2. The lowest BCUT2D eigenvalue weighted by Gasteiger charge is -2.11. The van der Waals surface area contributed by atoms with Crippen LogP contribution in [0, 0.1) is 0 Å². The van der Waals surface area contributed by atoms with Gasteiger partial charge in [0, 0.05) is 12.3 Å². The number of hydrogen-bond acceptors (Lipinski definition) is 6. The molecule has 0 saturated carbocycles. The molecule has 2 aromatic heterocycles. The molecule has 9 heteroatoms. The summed E-state index contributed by atoms with van der Waals surface area (Å²) in [7, 11) is 0. The van der Waals surface area contributed by atoms with Crippen LogP contribution < -0.4 is 9.47 Å². The first-order valence-electron chi connectivity index (χ1n) is 7.16. The number of H-pyrrole nitrogens is 1. The Morgan fingerprint density at radius 2 is 1.84 bits per heavy atom. The van der Waals surface area contributed by atoms with Gasteiger partial charge in [-0.15, -0.1) is 0 Å². The number of benzene rings is 1. The van der Waals surface area contributed by atoms with Crippen molar-refractivity contribution in [2.24, 2.45) is 0 Å². The number of nitrogens with one attached hydrogen (secondary N) is 1. The number of hydrogen-bond donors (Lipinski definition) is 3. The number of imidazole rings is 1. The van der Waals surface area contributed by atoms with Crippen LogP contribution in [-0.2, 0) is 9.59 Å². The summed E-state index contributed by atoms with van der Waals surface area (Å²) in [5.74, 6) is -1.35. The maximum absolute atomic E-state index is 10.8. The minimum absolute atomic E-state index is 0.206. The van der Waals surface area contributed by atoms with E-state index < -0.39 is 25.2 Å². The summed E-state index contributed by atoms with van der Waals surface area (Å²) in [4.78, 5) is 32.9. The van der Waals surface area contributed by atoms with E-state index in [1.165, 1.54) is 6.07 Å². The Morgan fingerprint density at radius 1 is 1.08 bits per heavy atom. The number of carbonyl (C=O) groups is 2. The van der Waals surface area contributed by atoms with E-state index in [1.807, 2.05) is 0 Å². The fourth-order valence-electron chi connectivity index (χ4n) is 2.18. The van der Waals surface area contributed by atoms with Crippen LogP contribution in [0.5, 0.6) is 11.5 Å². The van der Waals surface area contributed by atoms with Crippen molar-refractivity contribution in [3.63, 3.8) is 0 Å². The van der Waals surface area contributed by atoms with Gasteiger partial charge in [-0.2, -0.15) is 0 Å². The number of rotatable bonds is 7. The lowest BCUT2D eigenvalue weighted by Crippen LogP contribution is -2.11. The number of fused-ring (bicyclic) bond motifs is 1. The Morgan fingerprint density at radius 3 is 2.56 bits per heavy atom. The zero-order valence-electron chi connectivity index (χ0n) is 12.8. The molecule has 0 spiro atoms. The molecule has 0 aliphatic rings. The third-order valence-electron chi connectivity index (χ3n) is 3.21. The smallest absolute Gasteiger partial charge is 0.341 e. The van der Waals surface area contributed by atoms with Crippen molar-refractivity contribution < 1.29 is 29.3 Å². The lowest BCUT2D eigenvalue weighted by molar-refractivity contribution is -0.140. The third kappa shape index (κ3) is 3.83. The van der Waals surface area contributed by atoms with Gasteiger partial charge in [-0.25, -0.2) is 14.6 Å². The van der Waals surface area contributed by atoms with Crippen molar-refractivity contribution >= 4 is 23.0 Å². The minimum atomic E-state index is -1.14. The Balaban J connectivity index is 1.97. The van der Waals surface area contributed by atoms with Gasteiger partial charge in [0.05, 0.1) is 17.3 Å². The predicted molar refractivity (Wildman–Crippen MR) is 85.6 cm³/mol. The normalized spacial score (nSPS) is 10.6. The van der Waals surface area contributed by atoms with Crippen molar-refractivity contribution in [2.75, 3.05) is 13.2 Å². The van der Waals surface area contributed by atoms with E-state index in [4.69, 9.17) is 19.7 Å². The molecule has 0 amide bonds. The van der Waals surface area contributed by atoms with Crippen LogP contribution in [0.1, 0.15) is 0 Å².